The van der Waals surface area contributed by atoms with Crippen LogP contribution in [0.25, 0.3) is 0 Å². The molecule has 0 unspecified atom stereocenters. The largest absolute Gasteiger partial charge is 0.457 e. The summed E-state index contributed by atoms with van der Waals surface area (Å²) in [5.41, 5.74) is 0.601. The third kappa shape index (κ3) is 2.54. The van der Waals surface area contributed by atoms with E-state index in [1.54, 1.807) is 25.1 Å². The molecule has 0 heterocycles. The second kappa shape index (κ2) is 3.77. The number of carbonyl (C=O) groups is 1. The van der Waals surface area contributed by atoms with Gasteiger partial charge in [-0.25, -0.2) is 4.79 Å². The summed E-state index contributed by atoms with van der Waals surface area (Å²) in [4.78, 5) is 10.7. The van der Waals surface area contributed by atoms with Gasteiger partial charge >= 0.3 is 15.4 Å². The van der Waals surface area contributed by atoms with Gasteiger partial charge in [-0.3, -0.25) is 4.55 Å². The Labute approximate surface area is 81.1 Å². The highest BCUT2D eigenvalue weighted by molar-refractivity contribution is 8.00. The first-order chi connectivity index (χ1) is 6.41. The van der Waals surface area contributed by atoms with Crippen molar-refractivity contribution in [2.24, 2.45) is 0 Å². The Balaban J connectivity index is 2.91. The van der Waals surface area contributed by atoms with Crippen molar-refractivity contribution in [3.05, 3.63) is 29.8 Å². The van der Waals surface area contributed by atoms with Gasteiger partial charge in [0.15, 0.2) is 0 Å². The first kappa shape index (κ1) is 10.7. The Kier molecular flexibility index (Phi) is 2.87. The monoisotopic (exact) mass is 216 g/mol. The maximum atomic E-state index is 10.7. The van der Waals surface area contributed by atoms with Crippen molar-refractivity contribution < 1.29 is 22.5 Å². The normalized spacial score (nSPS) is 11.0. The molecule has 0 fully saturated rings. The Bertz CT molecular complexity index is 449. The number of hydrogen-bond donors (Lipinski definition) is 1. The molecule has 0 radical (unpaired) electrons. The molecule has 6 heteroatoms. The van der Waals surface area contributed by atoms with Crippen LogP contribution in [0, 0.1) is 6.92 Å². The van der Waals surface area contributed by atoms with Gasteiger partial charge in [0, 0.05) is 0 Å². The molecule has 0 aliphatic carbocycles. The van der Waals surface area contributed by atoms with Crippen molar-refractivity contribution in [2.75, 3.05) is 0 Å². The predicted molar refractivity (Wildman–Crippen MR) is 48.8 cm³/mol. The van der Waals surface area contributed by atoms with E-state index in [0.29, 0.717) is 5.56 Å². The molecule has 0 bridgehead atoms. The van der Waals surface area contributed by atoms with E-state index in [4.69, 9.17) is 4.55 Å². The lowest BCUT2D eigenvalue weighted by Gasteiger charge is -2.03. The zero-order valence-electron chi connectivity index (χ0n) is 7.30. The van der Waals surface area contributed by atoms with E-state index in [0.717, 1.165) is 0 Å². The fourth-order valence-corrected chi connectivity index (χ4v) is 1.01. The maximum absolute atomic E-state index is 10.7. The number of para-hydroxylation sites is 1. The molecule has 1 rings (SSSR count). The van der Waals surface area contributed by atoms with Gasteiger partial charge in [-0.2, -0.15) is 8.42 Å². The average molecular weight is 216 g/mol. The summed E-state index contributed by atoms with van der Waals surface area (Å²) >= 11 is 0. The molecule has 0 spiro atoms. The van der Waals surface area contributed by atoms with Crippen molar-refractivity contribution >= 4 is 15.4 Å². The van der Waals surface area contributed by atoms with Gasteiger partial charge < -0.3 is 4.74 Å². The highest BCUT2D eigenvalue weighted by Gasteiger charge is 2.21. The van der Waals surface area contributed by atoms with E-state index >= 15 is 0 Å². The van der Waals surface area contributed by atoms with Crippen LogP contribution < -0.4 is 4.74 Å². The summed E-state index contributed by atoms with van der Waals surface area (Å²) in [5.74, 6) is 0.107. The van der Waals surface area contributed by atoms with Crippen LogP contribution >= 0.6 is 0 Å². The Morgan fingerprint density at radius 2 is 1.93 bits per heavy atom. The quantitative estimate of drug-likeness (QED) is 0.566. The molecule has 0 amide bonds. The molecular formula is C8H8O5S. The first-order valence-electron chi connectivity index (χ1n) is 3.66. The minimum absolute atomic E-state index is 0.107. The number of ether oxygens (including phenoxy) is 1. The van der Waals surface area contributed by atoms with Gasteiger partial charge in [-0.1, -0.05) is 18.2 Å². The molecule has 14 heavy (non-hydrogen) atoms. The van der Waals surface area contributed by atoms with Gasteiger partial charge in [0.2, 0.25) is 0 Å². The summed E-state index contributed by atoms with van der Waals surface area (Å²) in [6, 6.07) is 6.37. The van der Waals surface area contributed by atoms with Crippen molar-refractivity contribution in [3.63, 3.8) is 0 Å². The zero-order chi connectivity index (χ0) is 10.8. The lowest BCUT2D eigenvalue weighted by molar-refractivity contribution is 0.220. The Hall–Kier alpha value is -1.40. The first-order valence-corrected chi connectivity index (χ1v) is 5.10. The summed E-state index contributed by atoms with van der Waals surface area (Å²) in [5, 5.41) is -1.67. The lowest BCUT2D eigenvalue weighted by atomic mass is 10.2. The van der Waals surface area contributed by atoms with Crippen molar-refractivity contribution in [1.29, 1.82) is 0 Å². The van der Waals surface area contributed by atoms with Crippen molar-refractivity contribution in [1.82, 2.24) is 0 Å². The van der Waals surface area contributed by atoms with Crippen LogP contribution in [0.1, 0.15) is 5.56 Å². The van der Waals surface area contributed by atoms with Crippen LogP contribution in [0.2, 0.25) is 0 Å². The summed E-state index contributed by atoms with van der Waals surface area (Å²) < 4.78 is 33.4. The third-order valence-corrected chi connectivity index (χ3v) is 2.00. The minimum atomic E-state index is -4.78. The summed E-state index contributed by atoms with van der Waals surface area (Å²) in [6.45, 7) is 1.65. The molecular weight excluding hydrogens is 208 g/mol. The number of benzene rings is 1. The van der Waals surface area contributed by atoms with E-state index < -0.39 is 15.4 Å². The number of aryl methyl sites for hydroxylation is 1. The van der Waals surface area contributed by atoms with E-state index in [2.05, 4.69) is 4.74 Å². The van der Waals surface area contributed by atoms with Gasteiger partial charge in [-0.05, 0) is 18.6 Å². The smallest absolute Gasteiger partial charge is 0.413 e. The highest BCUT2D eigenvalue weighted by Crippen LogP contribution is 2.17. The molecule has 5 nitrogen and oxygen atoms in total. The fourth-order valence-electron chi connectivity index (χ4n) is 0.813. The van der Waals surface area contributed by atoms with Gasteiger partial charge in [0.25, 0.3) is 0 Å². The fraction of sp³-hybridized carbons (Fsp3) is 0.125. The van der Waals surface area contributed by atoms with Crippen molar-refractivity contribution in [3.8, 4) is 5.75 Å². The minimum Gasteiger partial charge on any atom is -0.413 e. The standard InChI is InChI=1S/C8H8O5S/c1-6-4-2-3-5-7(6)13-8(9)14(10,11)12/h2-5H,1H3,(H,10,11,12). The molecule has 1 N–H and O–H groups in total. The number of hydrogen-bond acceptors (Lipinski definition) is 4. The average Bonchev–Trinajstić information content (AvgIpc) is 2.07. The van der Waals surface area contributed by atoms with E-state index in [1.807, 2.05) is 0 Å². The Morgan fingerprint density at radius 3 is 2.43 bits per heavy atom. The van der Waals surface area contributed by atoms with Gasteiger partial charge in [0.1, 0.15) is 5.75 Å². The molecule has 0 aliphatic rings. The maximum Gasteiger partial charge on any atom is 0.457 e. The molecule has 76 valence electrons. The second-order valence-electron chi connectivity index (χ2n) is 2.59. The van der Waals surface area contributed by atoms with Crippen LogP contribution in [-0.4, -0.2) is 18.3 Å². The molecule has 0 saturated heterocycles. The number of rotatable bonds is 1. The predicted octanol–water partition coefficient (Wildman–Crippen LogP) is 1.38. The SMILES string of the molecule is Cc1ccccc1OC(=O)S(=O)(=O)O. The molecule has 0 aromatic heterocycles. The Morgan fingerprint density at radius 1 is 1.36 bits per heavy atom. The van der Waals surface area contributed by atoms with E-state index in [9.17, 15) is 13.2 Å². The van der Waals surface area contributed by atoms with Gasteiger partial charge in [-0.15, -0.1) is 0 Å². The molecule has 1 aromatic carbocycles. The zero-order valence-corrected chi connectivity index (χ0v) is 8.11. The highest BCUT2D eigenvalue weighted by atomic mass is 32.2. The number of carbonyl (C=O) groups excluding carboxylic acids is 1. The van der Waals surface area contributed by atoms with Crippen LogP contribution in [0.15, 0.2) is 24.3 Å². The third-order valence-electron chi connectivity index (χ3n) is 1.50. The van der Waals surface area contributed by atoms with Crippen molar-refractivity contribution in [2.45, 2.75) is 6.92 Å². The van der Waals surface area contributed by atoms with Crippen LogP contribution in [-0.2, 0) is 10.1 Å². The van der Waals surface area contributed by atoms with Crippen LogP contribution in [0.3, 0.4) is 0 Å². The second-order valence-corrected chi connectivity index (χ2v) is 3.88. The molecule has 0 aliphatic heterocycles. The topological polar surface area (TPSA) is 80.7 Å². The van der Waals surface area contributed by atoms with Crippen LogP contribution in [0.5, 0.6) is 5.75 Å². The summed E-state index contributed by atoms with van der Waals surface area (Å²) in [6.07, 6.45) is 0. The lowest BCUT2D eigenvalue weighted by Crippen LogP contribution is -2.18. The van der Waals surface area contributed by atoms with Crippen LogP contribution in [0.4, 0.5) is 4.79 Å². The molecule has 0 saturated carbocycles. The summed E-state index contributed by atoms with van der Waals surface area (Å²) in [7, 11) is -4.78. The molecule has 1 aromatic rings. The van der Waals surface area contributed by atoms with E-state index in [1.165, 1.54) is 6.07 Å². The molecule has 0 atom stereocenters. The van der Waals surface area contributed by atoms with E-state index in [-0.39, 0.29) is 5.75 Å². The van der Waals surface area contributed by atoms with Gasteiger partial charge in [0.05, 0.1) is 0 Å².